The third-order valence-corrected chi connectivity index (χ3v) is 3.75. The smallest absolute Gasteiger partial charge is 0.106 e. The molecule has 0 bridgehead atoms. The van der Waals surface area contributed by atoms with Crippen molar-refractivity contribution in [1.29, 1.82) is 0 Å². The number of rotatable bonds is 8. The van der Waals surface area contributed by atoms with Crippen molar-refractivity contribution < 1.29 is 9.57 Å². The van der Waals surface area contributed by atoms with Crippen LogP contribution in [0.3, 0.4) is 0 Å². The third-order valence-electron chi connectivity index (χ3n) is 3.75. The highest BCUT2D eigenvalue weighted by atomic mass is 16.6. The maximum Gasteiger partial charge on any atom is 0.106 e. The van der Waals surface area contributed by atoms with Crippen molar-refractivity contribution in [3.8, 4) is 0 Å². The molecule has 0 radical (unpaired) electrons. The van der Waals surface area contributed by atoms with Crippen LogP contribution in [-0.2, 0) is 9.57 Å². The Balaban J connectivity index is 2.74. The molecule has 0 aliphatic heterocycles. The molecule has 0 heterocycles. The van der Waals surface area contributed by atoms with E-state index >= 15 is 0 Å². The molecule has 3 heteroatoms. The monoisotopic (exact) mass is 303 g/mol. The van der Waals surface area contributed by atoms with Gasteiger partial charge in [-0.25, -0.2) is 0 Å². The van der Waals surface area contributed by atoms with Gasteiger partial charge in [0.15, 0.2) is 0 Å². The van der Waals surface area contributed by atoms with E-state index in [-0.39, 0.29) is 6.10 Å². The Morgan fingerprint density at radius 1 is 1.36 bits per heavy atom. The SMILES string of the molecule is C/C=C(/C(C)=N\OC)C(CCC1=CCC=C(C)C=C1)OCC. The molecule has 0 saturated carbocycles. The molecular weight excluding hydrogens is 274 g/mol. The summed E-state index contributed by atoms with van der Waals surface area (Å²) >= 11 is 0. The van der Waals surface area contributed by atoms with Crippen LogP contribution in [0.2, 0.25) is 0 Å². The molecule has 0 aromatic carbocycles. The van der Waals surface area contributed by atoms with Gasteiger partial charge in [0.25, 0.3) is 0 Å². The van der Waals surface area contributed by atoms with Crippen molar-refractivity contribution in [3.05, 3.63) is 47.1 Å². The van der Waals surface area contributed by atoms with Gasteiger partial charge in [-0.3, -0.25) is 0 Å². The van der Waals surface area contributed by atoms with Gasteiger partial charge in [-0.2, -0.15) is 0 Å². The average molecular weight is 303 g/mol. The van der Waals surface area contributed by atoms with E-state index in [9.17, 15) is 0 Å². The van der Waals surface area contributed by atoms with Crippen LogP contribution in [0.25, 0.3) is 0 Å². The maximum absolute atomic E-state index is 5.94. The molecule has 0 saturated heterocycles. The standard InChI is InChI=1S/C19H29NO2/c1-6-18(16(4)20-21-5)19(22-7-2)14-13-17-10-8-9-15(3)11-12-17/h6,9-12,19H,7-8,13-14H2,1-5H3/b18-6-,20-16-. The second kappa shape index (κ2) is 10.2. The Hall–Kier alpha value is -1.61. The van der Waals surface area contributed by atoms with E-state index in [2.05, 4.69) is 42.5 Å². The molecule has 0 aromatic heterocycles. The van der Waals surface area contributed by atoms with Crippen LogP contribution in [0, 0.1) is 0 Å². The number of oxime groups is 1. The molecule has 1 aliphatic carbocycles. The van der Waals surface area contributed by atoms with Crippen LogP contribution in [0.5, 0.6) is 0 Å². The van der Waals surface area contributed by atoms with Gasteiger partial charge in [-0.15, -0.1) is 0 Å². The summed E-state index contributed by atoms with van der Waals surface area (Å²) in [6, 6.07) is 0. The molecule has 1 aliphatic rings. The van der Waals surface area contributed by atoms with Crippen LogP contribution in [0.4, 0.5) is 0 Å². The number of hydrogen-bond donors (Lipinski definition) is 0. The molecule has 1 unspecified atom stereocenters. The lowest BCUT2D eigenvalue weighted by molar-refractivity contribution is 0.0857. The van der Waals surface area contributed by atoms with Crippen molar-refractivity contribution >= 4 is 5.71 Å². The fourth-order valence-corrected chi connectivity index (χ4v) is 2.60. The van der Waals surface area contributed by atoms with Gasteiger partial charge in [0.2, 0.25) is 0 Å². The molecular formula is C19H29NO2. The molecule has 22 heavy (non-hydrogen) atoms. The van der Waals surface area contributed by atoms with E-state index in [1.54, 1.807) is 7.11 Å². The summed E-state index contributed by atoms with van der Waals surface area (Å²) in [5, 5.41) is 4.05. The van der Waals surface area contributed by atoms with Crippen LogP contribution in [0.1, 0.15) is 47.0 Å². The topological polar surface area (TPSA) is 30.8 Å². The van der Waals surface area contributed by atoms with Gasteiger partial charge >= 0.3 is 0 Å². The van der Waals surface area contributed by atoms with Crippen molar-refractivity contribution in [3.63, 3.8) is 0 Å². The van der Waals surface area contributed by atoms with Crippen LogP contribution >= 0.6 is 0 Å². The first-order valence-corrected chi connectivity index (χ1v) is 8.02. The summed E-state index contributed by atoms with van der Waals surface area (Å²) in [5.41, 5.74) is 4.68. The quantitative estimate of drug-likeness (QED) is 0.468. The van der Waals surface area contributed by atoms with Gasteiger partial charge < -0.3 is 9.57 Å². The van der Waals surface area contributed by atoms with E-state index in [4.69, 9.17) is 9.57 Å². The first-order valence-electron chi connectivity index (χ1n) is 8.02. The lowest BCUT2D eigenvalue weighted by atomic mass is 9.97. The second-order valence-electron chi connectivity index (χ2n) is 5.38. The van der Waals surface area contributed by atoms with Gasteiger partial charge in [0.1, 0.15) is 7.11 Å². The number of ether oxygens (including phenoxy) is 1. The molecule has 0 amide bonds. The largest absolute Gasteiger partial charge is 0.399 e. The molecule has 0 spiro atoms. The predicted octanol–water partition coefficient (Wildman–Crippen LogP) is 4.97. The summed E-state index contributed by atoms with van der Waals surface area (Å²) < 4.78 is 5.94. The first kappa shape index (κ1) is 18.4. The Labute approximate surface area is 135 Å². The minimum absolute atomic E-state index is 0.0560. The highest BCUT2D eigenvalue weighted by Gasteiger charge is 2.17. The van der Waals surface area contributed by atoms with Gasteiger partial charge in [-0.05, 0) is 47.0 Å². The lowest BCUT2D eigenvalue weighted by Crippen LogP contribution is -2.21. The molecule has 0 fully saturated rings. The highest BCUT2D eigenvalue weighted by Crippen LogP contribution is 2.21. The summed E-state index contributed by atoms with van der Waals surface area (Å²) in [6.07, 6.45) is 14.0. The van der Waals surface area contributed by atoms with E-state index in [0.717, 1.165) is 30.5 Å². The number of allylic oxidation sites excluding steroid dienone is 7. The molecule has 1 rings (SSSR count). The lowest BCUT2D eigenvalue weighted by Gasteiger charge is -2.20. The Bertz CT molecular complexity index is 496. The van der Waals surface area contributed by atoms with E-state index in [1.807, 2.05) is 20.8 Å². The molecule has 122 valence electrons. The molecule has 0 N–H and O–H groups in total. The zero-order valence-corrected chi connectivity index (χ0v) is 14.6. The predicted molar refractivity (Wildman–Crippen MR) is 94.1 cm³/mol. The Kier molecular flexibility index (Phi) is 8.53. The second-order valence-corrected chi connectivity index (χ2v) is 5.38. The minimum atomic E-state index is 0.0560. The van der Waals surface area contributed by atoms with Gasteiger partial charge in [0.05, 0.1) is 11.8 Å². The van der Waals surface area contributed by atoms with Crippen molar-refractivity contribution in [2.75, 3.05) is 13.7 Å². The van der Waals surface area contributed by atoms with Crippen molar-refractivity contribution in [1.82, 2.24) is 0 Å². The maximum atomic E-state index is 5.94. The van der Waals surface area contributed by atoms with Crippen LogP contribution < -0.4 is 0 Å². The fraction of sp³-hybridized carbons (Fsp3) is 0.526. The summed E-state index contributed by atoms with van der Waals surface area (Å²) in [6.45, 7) is 8.84. The average Bonchev–Trinajstić information content (AvgIpc) is 2.70. The van der Waals surface area contributed by atoms with Crippen LogP contribution in [-0.4, -0.2) is 25.5 Å². The van der Waals surface area contributed by atoms with E-state index < -0.39 is 0 Å². The summed E-state index contributed by atoms with van der Waals surface area (Å²) in [7, 11) is 1.57. The van der Waals surface area contributed by atoms with E-state index in [0.29, 0.717) is 6.61 Å². The Morgan fingerprint density at radius 2 is 2.14 bits per heavy atom. The zero-order chi connectivity index (χ0) is 16.4. The molecule has 0 aromatic rings. The molecule has 3 nitrogen and oxygen atoms in total. The molecule has 1 atom stereocenters. The summed E-state index contributed by atoms with van der Waals surface area (Å²) in [4.78, 5) is 4.90. The van der Waals surface area contributed by atoms with Gasteiger partial charge in [0, 0.05) is 12.2 Å². The van der Waals surface area contributed by atoms with Gasteiger partial charge in [-0.1, -0.05) is 46.7 Å². The van der Waals surface area contributed by atoms with Crippen LogP contribution in [0.15, 0.2) is 52.3 Å². The zero-order valence-electron chi connectivity index (χ0n) is 14.6. The summed E-state index contributed by atoms with van der Waals surface area (Å²) in [5.74, 6) is 0. The van der Waals surface area contributed by atoms with Crippen molar-refractivity contribution in [2.24, 2.45) is 5.16 Å². The Morgan fingerprint density at radius 3 is 2.77 bits per heavy atom. The normalized spacial score (nSPS) is 17.7. The first-order chi connectivity index (χ1) is 10.6. The number of hydrogen-bond acceptors (Lipinski definition) is 3. The van der Waals surface area contributed by atoms with Crippen molar-refractivity contribution in [2.45, 2.75) is 53.1 Å². The fourth-order valence-electron chi connectivity index (χ4n) is 2.60. The minimum Gasteiger partial charge on any atom is -0.399 e. The highest BCUT2D eigenvalue weighted by molar-refractivity contribution is 5.98. The number of nitrogens with zero attached hydrogens (tertiary/aromatic N) is 1. The van der Waals surface area contributed by atoms with E-state index in [1.165, 1.54) is 11.1 Å². The third kappa shape index (κ3) is 6.02.